The van der Waals surface area contributed by atoms with Crippen molar-refractivity contribution in [2.75, 3.05) is 5.32 Å². The number of fused-ring (bicyclic) bond motifs is 3. The Morgan fingerprint density at radius 2 is 1.96 bits per heavy atom. The molecule has 0 saturated carbocycles. The molecule has 5 heteroatoms. The molecule has 0 bridgehead atoms. The molecule has 0 spiro atoms. The van der Waals surface area contributed by atoms with E-state index >= 15 is 0 Å². The second-order valence-electron chi connectivity index (χ2n) is 6.40. The van der Waals surface area contributed by atoms with Crippen molar-refractivity contribution >= 4 is 49.3 Å². The van der Waals surface area contributed by atoms with E-state index in [9.17, 15) is 4.79 Å². The Morgan fingerprint density at radius 3 is 2.81 bits per heavy atom. The number of carbonyl (C=O) groups is 1. The number of nitrogens with one attached hydrogen (secondary N) is 2. The van der Waals surface area contributed by atoms with E-state index in [1.165, 1.54) is 5.39 Å². The fraction of sp³-hybridized carbons (Fsp3) is 0.143. The first-order valence-electron chi connectivity index (χ1n) is 8.51. The number of rotatable bonds is 4. The van der Waals surface area contributed by atoms with Crippen molar-refractivity contribution in [1.82, 2.24) is 9.97 Å². The summed E-state index contributed by atoms with van der Waals surface area (Å²) in [5, 5.41) is 5.31. The zero-order valence-electron chi connectivity index (χ0n) is 14.3. The first-order chi connectivity index (χ1) is 12.6. The van der Waals surface area contributed by atoms with Crippen LogP contribution in [0.2, 0.25) is 0 Å². The fourth-order valence-corrected chi connectivity index (χ4v) is 3.63. The molecule has 0 radical (unpaired) electrons. The summed E-state index contributed by atoms with van der Waals surface area (Å²) < 4.78 is 1.00. The standard InChI is InChI=1S/C21H18BrN3O/c1-13-10-14(22)6-8-18(13)25-21(26)9-7-15-11-17-16-4-2-3-5-19(16)24-20(17)12-23-15/h2-6,8,10-12,24H,7,9H2,1H3,(H,25,26). The van der Waals surface area contributed by atoms with Crippen LogP contribution in [0.15, 0.2) is 59.2 Å². The molecule has 130 valence electrons. The predicted molar refractivity (Wildman–Crippen MR) is 109 cm³/mol. The molecule has 0 aliphatic heterocycles. The number of pyridine rings is 1. The summed E-state index contributed by atoms with van der Waals surface area (Å²) in [4.78, 5) is 20.2. The van der Waals surface area contributed by atoms with Crippen LogP contribution in [0, 0.1) is 6.92 Å². The van der Waals surface area contributed by atoms with Crippen LogP contribution in [-0.2, 0) is 11.2 Å². The summed E-state index contributed by atoms with van der Waals surface area (Å²) in [6.45, 7) is 1.98. The highest BCUT2D eigenvalue weighted by molar-refractivity contribution is 9.10. The monoisotopic (exact) mass is 407 g/mol. The van der Waals surface area contributed by atoms with Gasteiger partial charge in [0.15, 0.2) is 0 Å². The number of halogens is 1. The Bertz CT molecular complexity index is 1120. The minimum atomic E-state index is -0.00348. The lowest BCUT2D eigenvalue weighted by atomic mass is 10.1. The van der Waals surface area contributed by atoms with Crippen LogP contribution in [0.25, 0.3) is 21.8 Å². The van der Waals surface area contributed by atoms with E-state index in [-0.39, 0.29) is 5.91 Å². The van der Waals surface area contributed by atoms with Crippen molar-refractivity contribution in [2.24, 2.45) is 0 Å². The van der Waals surface area contributed by atoms with Gasteiger partial charge in [-0.1, -0.05) is 34.1 Å². The molecular weight excluding hydrogens is 390 g/mol. The van der Waals surface area contributed by atoms with Crippen molar-refractivity contribution in [3.8, 4) is 0 Å². The predicted octanol–water partition coefficient (Wildman–Crippen LogP) is 5.36. The van der Waals surface area contributed by atoms with Gasteiger partial charge in [-0.2, -0.15) is 0 Å². The quantitative estimate of drug-likeness (QED) is 0.478. The maximum Gasteiger partial charge on any atom is 0.224 e. The summed E-state index contributed by atoms with van der Waals surface area (Å²) in [6, 6.07) is 16.1. The molecule has 4 aromatic rings. The van der Waals surface area contributed by atoms with Gasteiger partial charge in [-0.25, -0.2) is 0 Å². The Balaban J connectivity index is 1.48. The number of anilines is 1. The molecule has 0 saturated heterocycles. The zero-order valence-corrected chi connectivity index (χ0v) is 15.9. The van der Waals surface area contributed by atoms with Gasteiger partial charge in [0.1, 0.15) is 0 Å². The number of aryl methyl sites for hydroxylation is 2. The molecule has 2 N–H and O–H groups in total. The number of hydrogen-bond acceptors (Lipinski definition) is 2. The van der Waals surface area contributed by atoms with Crippen LogP contribution >= 0.6 is 15.9 Å². The molecule has 0 atom stereocenters. The first kappa shape index (κ1) is 16.8. The number of aromatic amines is 1. The normalized spacial score (nSPS) is 11.2. The van der Waals surface area contributed by atoms with Gasteiger partial charge >= 0.3 is 0 Å². The Labute approximate surface area is 159 Å². The van der Waals surface area contributed by atoms with Gasteiger partial charge in [-0.05, 0) is 49.2 Å². The maximum absolute atomic E-state index is 12.3. The summed E-state index contributed by atoms with van der Waals surface area (Å²) in [6.07, 6.45) is 2.86. The maximum atomic E-state index is 12.3. The molecule has 4 rings (SSSR count). The molecule has 26 heavy (non-hydrogen) atoms. The van der Waals surface area contributed by atoms with Crippen molar-refractivity contribution in [3.05, 3.63) is 70.5 Å². The Kier molecular flexibility index (Phi) is 4.47. The lowest BCUT2D eigenvalue weighted by molar-refractivity contribution is -0.116. The van der Waals surface area contributed by atoms with Crippen molar-refractivity contribution in [2.45, 2.75) is 19.8 Å². The second-order valence-corrected chi connectivity index (χ2v) is 7.31. The molecule has 2 aromatic heterocycles. The van der Waals surface area contributed by atoms with E-state index in [4.69, 9.17) is 0 Å². The third-order valence-corrected chi connectivity index (χ3v) is 5.01. The number of carbonyl (C=O) groups excluding carboxylic acids is 1. The molecule has 0 aliphatic carbocycles. The third kappa shape index (κ3) is 3.35. The van der Waals surface area contributed by atoms with Crippen LogP contribution in [0.1, 0.15) is 17.7 Å². The zero-order chi connectivity index (χ0) is 18.1. The average molecular weight is 408 g/mol. The van der Waals surface area contributed by atoms with E-state index in [2.05, 4.69) is 49.4 Å². The van der Waals surface area contributed by atoms with Gasteiger partial charge in [0.2, 0.25) is 5.91 Å². The van der Waals surface area contributed by atoms with Crippen LogP contribution < -0.4 is 5.32 Å². The minimum absolute atomic E-state index is 0.00348. The fourth-order valence-electron chi connectivity index (χ4n) is 3.15. The third-order valence-electron chi connectivity index (χ3n) is 4.52. The summed E-state index contributed by atoms with van der Waals surface area (Å²) in [5.41, 5.74) is 4.92. The van der Waals surface area contributed by atoms with Gasteiger partial charge in [0, 0.05) is 38.6 Å². The highest BCUT2D eigenvalue weighted by Gasteiger charge is 2.09. The first-order valence-corrected chi connectivity index (χ1v) is 9.31. The van der Waals surface area contributed by atoms with Crippen LogP contribution in [-0.4, -0.2) is 15.9 Å². The molecule has 4 nitrogen and oxygen atoms in total. The number of aromatic nitrogens is 2. The number of amides is 1. The van der Waals surface area contributed by atoms with Gasteiger partial charge in [-0.3, -0.25) is 9.78 Å². The largest absolute Gasteiger partial charge is 0.353 e. The van der Waals surface area contributed by atoms with Crippen molar-refractivity contribution in [1.29, 1.82) is 0 Å². The topological polar surface area (TPSA) is 57.8 Å². The van der Waals surface area contributed by atoms with Crippen LogP contribution in [0.3, 0.4) is 0 Å². The molecule has 0 fully saturated rings. The van der Waals surface area contributed by atoms with Crippen LogP contribution in [0.5, 0.6) is 0 Å². The molecule has 1 amide bonds. The van der Waals surface area contributed by atoms with E-state index in [1.807, 2.05) is 43.5 Å². The highest BCUT2D eigenvalue weighted by Crippen LogP contribution is 2.25. The minimum Gasteiger partial charge on any atom is -0.353 e. The number of benzene rings is 2. The van der Waals surface area contributed by atoms with Crippen LogP contribution in [0.4, 0.5) is 5.69 Å². The summed E-state index contributed by atoms with van der Waals surface area (Å²) in [5.74, 6) is -0.00348. The number of para-hydroxylation sites is 1. The van der Waals surface area contributed by atoms with Gasteiger partial charge in [-0.15, -0.1) is 0 Å². The van der Waals surface area contributed by atoms with Gasteiger partial charge < -0.3 is 10.3 Å². The Hall–Kier alpha value is -2.66. The molecule has 2 heterocycles. The van der Waals surface area contributed by atoms with E-state index in [0.29, 0.717) is 12.8 Å². The van der Waals surface area contributed by atoms with Gasteiger partial charge in [0.25, 0.3) is 0 Å². The number of hydrogen-bond donors (Lipinski definition) is 2. The van der Waals surface area contributed by atoms with Crippen molar-refractivity contribution in [3.63, 3.8) is 0 Å². The van der Waals surface area contributed by atoms with E-state index in [1.54, 1.807) is 0 Å². The van der Waals surface area contributed by atoms with E-state index in [0.717, 1.165) is 37.8 Å². The number of H-pyrrole nitrogens is 1. The van der Waals surface area contributed by atoms with Gasteiger partial charge in [0.05, 0.1) is 11.7 Å². The molecular formula is C21H18BrN3O. The summed E-state index contributed by atoms with van der Waals surface area (Å²) >= 11 is 3.43. The van der Waals surface area contributed by atoms with E-state index < -0.39 is 0 Å². The molecule has 0 unspecified atom stereocenters. The average Bonchev–Trinajstić information content (AvgIpc) is 3.00. The SMILES string of the molecule is Cc1cc(Br)ccc1NC(=O)CCc1cc2c(cn1)[nH]c1ccccc12. The van der Waals surface area contributed by atoms with Crippen molar-refractivity contribution < 1.29 is 4.79 Å². The molecule has 2 aromatic carbocycles. The molecule has 0 aliphatic rings. The second kappa shape index (κ2) is 6.92. The number of nitrogens with zero attached hydrogens (tertiary/aromatic N) is 1. The summed E-state index contributed by atoms with van der Waals surface area (Å²) in [7, 11) is 0. The highest BCUT2D eigenvalue weighted by atomic mass is 79.9. The Morgan fingerprint density at radius 1 is 1.12 bits per heavy atom. The lowest BCUT2D eigenvalue weighted by Crippen LogP contribution is -2.13. The lowest BCUT2D eigenvalue weighted by Gasteiger charge is -2.08. The smallest absolute Gasteiger partial charge is 0.224 e.